The molecule has 1 aliphatic carbocycles. The molecule has 1 amide bonds. The van der Waals surface area contributed by atoms with Gasteiger partial charge < -0.3 is 10.2 Å². The average Bonchev–Trinajstić information content (AvgIpc) is 3.03. The number of carbonyl (C=O) groups excluding carboxylic acids is 1. The Kier molecular flexibility index (Phi) is 7.59. The zero-order valence-corrected chi connectivity index (χ0v) is 15.5. The number of hydrogen-bond donors (Lipinski definition) is 1. The molecule has 3 rings (SSSR count). The first kappa shape index (κ1) is 19.7. The minimum absolute atomic E-state index is 0. The van der Waals surface area contributed by atoms with Crippen LogP contribution in [0.1, 0.15) is 42.0 Å². The van der Waals surface area contributed by atoms with Crippen LogP contribution in [0.15, 0.2) is 6.20 Å². The molecule has 1 N–H and O–H groups in total. The van der Waals surface area contributed by atoms with Crippen molar-refractivity contribution in [1.29, 1.82) is 0 Å². The lowest BCUT2D eigenvalue weighted by Gasteiger charge is -2.24. The van der Waals surface area contributed by atoms with Crippen LogP contribution in [0.4, 0.5) is 0 Å². The van der Waals surface area contributed by atoms with Crippen molar-refractivity contribution in [2.45, 2.75) is 57.7 Å². The summed E-state index contributed by atoms with van der Waals surface area (Å²) in [6, 6.07) is 0.610. The number of nitrogens with one attached hydrogen (secondary N) is 1. The second kappa shape index (κ2) is 8.48. The van der Waals surface area contributed by atoms with Crippen molar-refractivity contribution in [3.63, 3.8) is 0 Å². The van der Waals surface area contributed by atoms with E-state index in [1.165, 1.54) is 25.7 Å². The first-order valence-corrected chi connectivity index (χ1v) is 8.37. The van der Waals surface area contributed by atoms with E-state index in [9.17, 15) is 4.79 Å². The molecule has 1 aliphatic heterocycles. The zero-order valence-electron chi connectivity index (χ0n) is 13.1. The molecule has 3 unspecified atom stereocenters. The molecular weight excluding hydrogens is 341 g/mol. The molecule has 3 atom stereocenters. The molecule has 7 heteroatoms. The molecule has 22 heavy (non-hydrogen) atoms. The van der Waals surface area contributed by atoms with Gasteiger partial charge in [0.1, 0.15) is 0 Å². The molecule has 0 bridgehead atoms. The van der Waals surface area contributed by atoms with Gasteiger partial charge in [0.15, 0.2) is 0 Å². The second-order valence-corrected chi connectivity index (χ2v) is 7.47. The number of rotatable bonds is 3. The minimum Gasteiger partial charge on any atom is -0.339 e. The van der Waals surface area contributed by atoms with Crippen molar-refractivity contribution in [1.82, 2.24) is 15.2 Å². The monoisotopic (exact) mass is 365 g/mol. The predicted octanol–water partition coefficient (Wildman–Crippen LogP) is 3.17. The van der Waals surface area contributed by atoms with E-state index in [1.807, 2.05) is 25.1 Å². The number of hydrogen-bond acceptors (Lipinski definition) is 4. The largest absolute Gasteiger partial charge is 0.339 e. The van der Waals surface area contributed by atoms with E-state index in [1.54, 1.807) is 11.3 Å². The number of amides is 1. The van der Waals surface area contributed by atoms with E-state index < -0.39 is 0 Å². The smallest absolute Gasteiger partial charge is 0.239 e. The molecule has 2 aliphatic rings. The molecule has 2 fully saturated rings. The lowest BCUT2D eigenvalue weighted by Crippen LogP contribution is -2.43. The van der Waals surface area contributed by atoms with Crippen LogP contribution in [-0.2, 0) is 11.3 Å². The number of halogens is 2. The summed E-state index contributed by atoms with van der Waals surface area (Å²) in [6.45, 7) is 2.68. The van der Waals surface area contributed by atoms with Crippen molar-refractivity contribution in [3.05, 3.63) is 16.1 Å². The average molecular weight is 366 g/mol. The summed E-state index contributed by atoms with van der Waals surface area (Å²) in [6.07, 6.45) is 8.08. The van der Waals surface area contributed by atoms with E-state index in [2.05, 4.69) is 10.3 Å². The highest BCUT2D eigenvalue weighted by molar-refractivity contribution is 7.11. The fourth-order valence-corrected chi connectivity index (χ4v) is 4.42. The SMILES string of the molecule is Cc1ncc(CN(C)C(=O)C2CC3CCCCC3N2)s1.Cl.Cl. The number of fused-ring (bicyclic) bond motifs is 1. The quantitative estimate of drug-likeness (QED) is 0.894. The zero-order chi connectivity index (χ0) is 14.1. The van der Waals surface area contributed by atoms with Crippen LogP contribution < -0.4 is 5.32 Å². The first-order valence-electron chi connectivity index (χ1n) is 7.56. The van der Waals surface area contributed by atoms with Gasteiger partial charge in [-0.15, -0.1) is 36.2 Å². The van der Waals surface area contributed by atoms with Crippen LogP contribution in [-0.4, -0.2) is 34.9 Å². The molecule has 1 saturated heterocycles. The molecule has 0 spiro atoms. The molecule has 2 heterocycles. The van der Waals surface area contributed by atoms with Crippen LogP contribution in [0.25, 0.3) is 0 Å². The molecular formula is C15H25Cl2N3OS. The van der Waals surface area contributed by atoms with E-state index in [4.69, 9.17) is 0 Å². The maximum absolute atomic E-state index is 12.5. The van der Waals surface area contributed by atoms with Crippen molar-refractivity contribution in [2.24, 2.45) is 5.92 Å². The molecule has 126 valence electrons. The number of aromatic nitrogens is 1. The molecule has 4 nitrogen and oxygen atoms in total. The van der Waals surface area contributed by atoms with E-state index in [0.717, 1.165) is 22.2 Å². The first-order chi connectivity index (χ1) is 9.63. The summed E-state index contributed by atoms with van der Waals surface area (Å²) < 4.78 is 0. The highest BCUT2D eigenvalue weighted by atomic mass is 35.5. The number of likely N-dealkylation sites (N-methyl/N-ethyl adjacent to an activating group) is 1. The third-order valence-electron chi connectivity index (χ3n) is 4.60. The van der Waals surface area contributed by atoms with Gasteiger partial charge in [-0.1, -0.05) is 12.8 Å². The van der Waals surface area contributed by atoms with Gasteiger partial charge in [0.05, 0.1) is 17.6 Å². The Bertz CT molecular complexity index is 483. The van der Waals surface area contributed by atoms with Crippen LogP contribution in [0.3, 0.4) is 0 Å². The summed E-state index contributed by atoms with van der Waals surface area (Å²) in [5, 5.41) is 4.62. The van der Waals surface area contributed by atoms with Gasteiger partial charge in [0.25, 0.3) is 0 Å². The van der Waals surface area contributed by atoms with E-state index in [-0.39, 0.29) is 36.8 Å². The van der Waals surface area contributed by atoms with Gasteiger partial charge in [0, 0.05) is 24.2 Å². The predicted molar refractivity (Wildman–Crippen MR) is 95.1 cm³/mol. The van der Waals surface area contributed by atoms with Gasteiger partial charge in [-0.25, -0.2) is 4.98 Å². The summed E-state index contributed by atoms with van der Waals surface area (Å²) in [5.74, 6) is 0.960. The van der Waals surface area contributed by atoms with Gasteiger partial charge in [-0.2, -0.15) is 0 Å². The van der Waals surface area contributed by atoms with Crippen LogP contribution in [0.5, 0.6) is 0 Å². The number of aryl methyl sites for hydroxylation is 1. The molecule has 1 saturated carbocycles. The fraction of sp³-hybridized carbons (Fsp3) is 0.733. The van der Waals surface area contributed by atoms with E-state index >= 15 is 0 Å². The maximum atomic E-state index is 12.5. The minimum atomic E-state index is 0. The lowest BCUT2D eigenvalue weighted by molar-refractivity contribution is -0.132. The highest BCUT2D eigenvalue weighted by Gasteiger charge is 2.39. The van der Waals surface area contributed by atoms with Crippen LogP contribution in [0, 0.1) is 12.8 Å². The van der Waals surface area contributed by atoms with Crippen molar-refractivity contribution >= 4 is 42.1 Å². The van der Waals surface area contributed by atoms with Gasteiger partial charge in [0.2, 0.25) is 5.91 Å². The van der Waals surface area contributed by atoms with Crippen LogP contribution in [0.2, 0.25) is 0 Å². The third kappa shape index (κ3) is 4.34. The van der Waals surface area contributed by atoms with Crippen molar-refractivity contribution < 1.29 is 4.79 Å². The van der Waals surface area contributed by atoms with Gasteiger partial charge in [-0.3, -0.25) is 4.79 Å². The van der Waals surface area contributed by atoms with Gasteiger partial charge in [-0.05, 0) is 32.1 Å². The Labute approximate surface area is 148 Å². The Morgan fingerprint density at radius 3 is 2.77 bits per heavy atom. The molecule has 0 aromatic carbocycles. The summed E-state index contributed by atoms with van der Waals surface area (Å²) in [7, 11) is 1.90. The van der Waals surface area contributed by atoms with Crippen LogP contribution >= 0.6 is 36.2 Å². The van der Waals surface area contributed by atoms with Crippen molar-refractivity contribution in [2.75, 3.05) is 7.05 Å². The second-order valence-electron chi connectivity index (χ2n) is 6.15. The Morgan fingerprint density at radius 1 is 1.41 bits per heavy atom. The molecule has 1 aromatic rings. The lowest BCUT2D eigenvalue weighted by atomic mass is 9.85. The van der Waals surface area contributed by atoms with Gasteiger partial charge >= 0.3 is 0 Å². The fourth-order valence-electron chi connectivity index (χ4n) is 3.57. The van der Waals surface area contributed by atoms with E-state index in [0.29, 0.717) is 12.6 Å². The highest BCUT2D eigenvalue weighted by Crippen LogP contribution is 2.33. The Balaban J connectivity index is 0.00000121. The standard InChI is InChI=1S/C15H23N3OS.2ClH/c1-10-16-8-12(20-10)9-18(2)15(19)14-7-11-5-3-4-6-13(11)17-14;;/h8,11,13-14,17H,3-7,9H2,1-2H3;2*1H. The normalized spacial score (nSPS) is 26.5. The number of thiazole rings is 1. The van der Waals surface area contributed by atoms with Crippen molar-refractivity contribution in [3.8, 4) is 0 Å². The topological polar surface area (TPSA) is 45.2 Å². The molecule has 1 aromatic heterocycles. The summed E-state index contributed by atoms with van der Waals surface area (Å²) >= 11 is 1.67. The Hall–Kier alpha value is -0.360. The summed E-state index contributed by atoms with van der Waals surface area (Å²) in [5.41, 5.74) is 0. The number of carbonyl (C=O) groups is 1. The molecule has 0 radical (unpaired) electrons. The summed E-state index contributed by atoms with van der Waals surface area (Å²) in [4.78, 5) is 19.8. The third-order valence-corrected chi connectivity index (χ3v) is 5.50. The number of nitrogens with zero attached hydrogens (tertiary/aromatic N) is 2. The maximum Gasteiger partial charge on any atom is 0.239 e. The Morgan fingerprint density at radius 2 is 2.14 bits per heavy atom.